The fourth-order valence-corrected chi connectivity index (χ4v) is 6.81. The molecule has 8 heteroatoms. The van der Waals surface area contributed by atoms with Crippen LogP contribution in [0.1, 0.15) is 72.6 Å². The van der Waals surface area contributed by atoms with Gasteiger partial charge in [-0.25, -0.2) is 4.68 Å². The van der Waals surface area contributed by atoms with Crippen LogP contribution in [0.5, 0.6) is 5.88 Å². The molecule has 0 radical (unpaired) electrons. The summed E-state index contributed by atoms with van der Waals surface area (Å²) in [7, 11) is -2.22. The van der Waals surface area contributed by atoms with Gasteiger partial charge in [0, 0.05) is 17.5 Å². The smallest absolute Gasteiger partial charge is 0.310 e. The molecule has 1 aromatic heterocycles. The van der Waals surface area contributed by atoms with Crippen molar-refractivity contribution in [3.8, 4) is 5.88 Å². The van der Waals surface area contributed by atoms with Gasteiger partial charge in [0.2, 0.25) is 5.88 Å². The zero-order valence-electron chi connectivity index (χ0n) is 18.5. The quantitative estimate of drug-likeness (QED) is 0.455. The Hall–Kier alpha value is -1.80. The predicted molar refractivity (Wildman–Crippen MR) is 120 cm³/mol. The summed E-state index contributed by atoms with van der Waals surface area (Å²) in [5, 5.41) is 4.10. The van der Waals surface area contributed by atoms with E-state index in [0.717, 1.165) is 29.7 Å². The van der Waals surface area contributed by atoms with Crippen molar-refractivity contribution in [2.24, 2.45) is 7.05 Å². The Morgan fingerprint density at radius 1 is 1.30 bits per heavy atom. The minimum Gasteiger partial charge on any atom is -0.361 e. The van der Waals surface area contributed by atoms with E-state index in [4.69, 9.17) is 4.18 Å². The molecule has 6 nitrogen and oxygen atoms in total. The van der Waals surface area contributed by atoms with Gasteiger partial charge in [-0.3, -0.25) is 4.79 Å². The van der Waals surface area contributed by atoms with Gasteiger partial charge < -0.3 is 4.18 Å². The van der Waals surface area contributed by atoms with E-state index in [-0.39, 0.29) is 28.4 Å². The molecule has 0 aliphatic carbocycles. The molecule has 0 unspecified atom stereocenters. The fourth-order valence-electron chi connectivity index (χ4n) is 3.97. The summed E-state index contributed by atoms with van der Waals surface area (Å²) < 4.78 is 31.3. The first kappa shape index (κ1) is 22.9. The molecule has 30 heavy (non-hydrogen) atoms. The van der Waals surface area contributed by atoms with Gasteiger partial charge in [0.15, 0.2) is 5.78 Å². The molecule has 0 bridgehead atoms. The van der Waals surface area contributed by atoms with E-state index in [2.05, 4.69) is 18.9 Å². The van der Waals surface area contributed by atoms with Crippen molar-refractivity contribution in [1.29, 1.82) is 0 Å². The largest absolute Gasteiger partial charge is 0.361 e. The molecule has 1 aromatic carbocycles. The number of thioether (sulfide) groups is 1. The van der Waals surface area contributed by atoms with Crippen LogP contribution in [-0.4, -0.2) is 35.5 Å². The molecule has 0 saturated heterocycles. The summed E-state index contributed by atoms with van der Waals surface area (Å²) in [5.41, 5.74) is 3.94. The number of hydrogen-bond donors (Lipinski definition) is 0. The van der Waals surface area contributed by atoms with Crippen molar-refractivity contribution in [1.82, 2.24) is 9.78 Å². The molecule has 0 amide bonds. The summed E-state index contributed by atoms with van der Waals surface area (Å²) in [4.78, 5) is 14.8. The van der Waals surface area contributed by atoms with E-state index in [1.165, 1.54) is 21.3 Å². The SMILES string of the molecule is CCCCS(=O)(=O)Oc1c(C(=O)c2cc(C)c3c(c2C)C(C)(C)CCS3)cnn1C. The van der Waals surface area contributed by atoms with Crippen molar-refractivity contribution in [3.05, 3.63) is 40.1 Å². The topological polar surface area (TPSA) is 78.3 Å². The Bertz CT molecular complexity index is 1090. The van der Waals surface area contributed by atoms with Crippen molar-refractivity contribution in [2.75, 3.05) is 11.5 Å². The number of aryl methyl sites for hydroxylation is 2. The molecule has 1 aliphatic heterocycles. The van der Waals surface area contributed by atoms with E-state index in [1.807, 2.05) is 38.6 Å². The van der Waals surface area contributed by atoms with Gasteiger partial charge in [0.1, 0.15) is 5.56 Å². The Morgan fingerprint density at radius 2 is 2.00 bits per heavy atom. The maximum atomic E-state index is 13.5. The molecule has 164 valence electrons. The highest BCUT2D eigenvalue weighted by Gasteiger charge is 2.34. The summed E-state index contributed by atoms with van der Waals surface area (Å²) in [6, 6.07) is 1.91. The van der Waals surface area contributed by atoms with Gasteiger partial charge in [-0.2, -0.15) is 13.5 Å². The highest BCUT2D eigenvalue weighted by molar-refractivity contribution is 7.99. The standard InChI is InChI=1S/C22H30N2O4S2/c1-7-8-11-30(26,27)28-21-17(13-23-24(21)6)19(25)16-12-14(2)20-18(15(16)3)22(4,5)9-10-29-20/h12-13H,7-11H2,1-6H3. The third-order valence-electron chi connectivity index (χ3n) is 5.70. The van der Waals surface area contributed by atoms with E-state index >= 15 is 0 Å². The fraction of sp³-hybridized carbons (Fsp3) is 0.545. The zero-order valence-corrected chi connectivity index (χ0v) is 20.2. The first-order chi connectivity index (χ1) is 14.0. The Balaban J connectivity index is 2.07. The van der Waals surface area contributed by atoms with Gasteiger partial charge >= 0.3 is 10.1 Å². The number of ketones is 1. The number of carbonyl (C=O) groups is 1. The summed E-state index contributed by atoms with van der Waals surface area (Å²) in [6.45, 7) is 10.3. The first-order valence-electron chi connectivity index (χ1n) is 10.2. The molecule has 0 saturated carbocycles. The first-order valence-corrected chi connectivity index (χ1v) is 12.8. The van der Waals surface area contributed by atoms with Crippen LogP contribution in [0.2, 0.25) is 0 Å². The molecule has 0 spiro atoms. The maximum absolute atomic E-state index is 13.5. The van der Waals surface area contributed by atoms with E-state index in [9.17, 15) is 13.2 Å². The number of nitrogens with zero attached hydrogens (tertiary/aromatic N) is 2. The van der Waals surface area contributed by atoms with Crippen LogP contribution in [0.4, 0.5) is 0 Å². The van der Waals surface area contributed by atoms with Crippen molar-refractivity contribution in [2.45, 2.75) is 64.2 Å². The van der Waals surface area contributed by atoms with Crippen LogP contribution in [0.25, 0.3) is 0 Å². The van der Waals surface area contributed by atoms with Crippen LogP contribution < -0.4 is 4.18 Å². The predicted octanol–water partition coefficient (Wildman–Crippen LogP) is 4.55. The molecule has 1 aliphatic rings. The van der Waals surface area contributed by atoms with Crippen LogP contribution in [-0.2, 0) is 22.6 Å². The van der Waals surface area contributed by atoms with Crippen LogP contribution in [0.15, 0.2) is 17.2 Å². The number of hydrogen-bond acceptors (Lipinski definition) is 6. The highest BCUT2D eigenvalue weighted by atomic mass is 32.2. The van der Waals surface area contributed by atoms with E-state index < -0.39 is 10.1 Å². The Kier molecular flexibility index (Phi) is 6.39. The van der Waals surface area contributed by atoms with E-state index in [0.29, 0.717) is 12.0 Å². The number of carbonyl (C=O) groups excluding carboxylic acids is 1. The lowest BCUT2D eigenvalue weighted by atomic mass is 9.77. The second kappa shape index (κ2) is 8.38. The molecule has 2 heterocycles. The van der Waals surface area contributed by atoms with Gasteiger partial charge in [-0.15, -0.1) is 11.8 Å². The lowest BCUT2D eigenvalue weighted by molar-refractivity contribution is 0.103. The van der Waals surface area contributed by atoms with Crippen molar-refractivity contribution >= 4 is 27.7 Å². The minimum absolute atomic E-state index is 0.0243. The molecule has 3 rings (SSSR count). The minimum atomic E-state index is -3.80. The monoisotopic (exact) mass is 450 g/mol. The zero-order chi connectivity index (χ0) is 22.3. The number of rotatable bonds is 7. The van der Waals surface area contributed by atoms with Crippen LogP contribution >= 0.6 is 11.8 Å². The molecule has 0 fully saturated rings. The van der Waals surface area contributed by atoms with Gasteiger partial charge in [0.25, 0.3) is 0 Å². The highest BCUT2D eigenvalue weighted by Crippen LogP contribution is 2.46. The van der Waals surface area contributed by atoms with Gasteiger partial charge in [-0.05, 0) is 60.6 Å². The van der Waals surface area contributed by atoms with Crippen molar-refractivity contribution in [3.63, 3.8) is 0 Å². The average Bonchev–Trinajstić information content (AvgIpc) is 3.01. The second-order valence-corrected chi connectivity index (χ2v) is 11.4. The van der Waals surface area contributed by atoms with Crippen molar-refractivity contribution < 1.29 is 17.4 Å². The molecule has 0 N–H and O–H groups in total. The third-order valence-corrected chi connectivity index (χ3v) is 8.13. The van der Waals surface area contributed by atoms with Gasteiger partial charge in [-0.1, -0.05) is 27.2 Å². The lowest BCUT2D eigenvalue weighted by Crippen LogP contribution is -2.26. The number of fused-ring (bicyclic) bond motifs is 1. The maximum Gasteiger partial charge on any atom is 0.310 e. The summed E-state index contributed by atoms with van der Waals surface area (Å²) in [6.07, 6.45) is 3.67. The number of benzene rings is 1. The molecular weight excluding hydrogens is 420 g/mol. The van der Waals surface area contributed by atoms with Crippen LogP contribution in [0, 0.1) is 13.8 Å². The Labute approximate surface area is 183 Å². The van der Waals surface area contributed by atoms with E-state index in [1.54, 1.807) is 7.05 Å². The summed E-state index contributed by atoms with van der Waals surface area (Å²) >= 11 is 1.84. The number of aromatic nitrogens is 2. The molecular formula is C22H30N2O4S2. The second-order valence-electron chi connectivity index (χ2n) is 8.57. The Morgan fingerprint density at radius 3 is 2.67 bits per heavy atom. The molecule has 0 atom stereocenters. The van der Waals surface area contributed by atoms with Crippen LogP contribution in [0.3, 0.4) is 0 Å². The third kappa shape index (κ3) is 4.30. The van der Waals surface area contributed by atoms with Gasteiger partial charge in [0.05, 0.1) is 11.9 Å². The normalized spacial score (nSPS) is 15.7. The average molecular weight is 451 g/mol. The molecule has 2 aromatic rings. The summed E-state index contributed by atoms with van der Waals surface area (Å²) in [5.74, 6) is 0.673. The lowest BCUT2D eigenvalue weighted by Gasteiger charge is -2.35. The number of unbranched alkanes of at least 4 members (excludes halogenated alkanes) is 1.